The van der Waals surface area contributed by atoms with Gasteiger partial charge in [0.15, 0.2) is 0 Å². The van der Waals surface area contributed by atoms with Gasteiger partial charge in [0.2, 0.25) is 0 Å². The van der Waals surface area contributed by atoms with E-state index in [1.54, 1.807) is 29.5 Å². The third-order valence-electron chi connectivity index (χ3n) is 4.54. The number of anilines is 1. The van der Waals surface area contributed by atoms with Crippen molar-refractivity contribution in [3.8, 4) is 0 Å². The number of thiophene rings is 1. The Labute approximate surface area is 167 Å². The number of likely N-dealkylation sites (N-methyl/N-ethyl adjacent to an activating group) is 1. The summed E-state index contributed by atoms with van der Waals surface area (Å²) in [4.78, 5) is 17.1. The average Bonchev–Trinajstić information content (AvgIpc) is 3.14. The summed E-state index contributed by atoms with van der Waals surface area (Å²) in [6, 6.07) is 7.09. The van der Waals surface area contributed by atoms with E-state index in [2.05, 4.69) is 44.3 Å². The summed E-state index contributed by atoms with van der Waals surface area (Å²) in [6.45, 7) is 4.61. The van der Waals surface area contributed by atoms with Gasteiger partial charge in [-0.05, 0) is 47.6 Å². The van der Waals surface area contributed by atoms with E-state index < -0.39 is 0 Å². The van der Waals surface area contributed by atoms with Crippen molar-refractivity contribution in [2.75, 3.05) is 45.1 Å². The molecule has 140 valence electrons. The van der Waals surface area contributed by atoms with Crippen LogP contribution in [0.15, 0.2) is 35.0 Å². The second-order valence-electron chi connectivity index (χ2n) is 6.38. The van der Waals surface area contributed by atoms with Crippen LogP contribution >= 0.6 is 34.5 Å². The van der Waals surface area contributed by atoms with E-state index in [1.165, 1.54) is 5.56 Å². The van der Waals surface area contributed by atoms with Crippen LogP contribution in [0, 0.1) is 0 Å². The molecule has 0 radical (unpaired) electrons. The zero-order valence-electron chi connectivity index (χ0n) is 14.5. The molecule has 1 fully saturated rings. The number of benzene rings is 1. The third kappa shape index (κ3) is 5.11. The Kier molecular flexibility index (Phi) is 6.78. The molecule has 1 aliphatic rings. The number of hydrogen-bond donors (Lipinski definition) is 2. The number of amides is 2. The maximum absolute atomic E-state index is 12.3. The highest BCUT2D eigenvalue weighted by atomic mass is 35.5. The van der Waals surface area contributed by atoms with E-state index >= 15 is 0 Å². The van der Waals surface area contributed by atoms with Crippen LogP contribution in [0.3, 0.4) is 0 Å². The highest BCUT2D eigenvalue weighted by molar-refractivity contribution is 7.08. The molecule has 0 bridgehead atoms. The molecule has 8 heteroatoms. The Bertz CT molecular complexity index is 733. The molecule has 2 aromatic rings. The largest absolute Gasteiger partial charge is 0.336 e. The zero-order chi connectivity index (χ0) is 18.5. The van der Waals surface area contributed by atoms with Crippen molar-refractivity contribution >= 4 is 46.3 Å². The number of halogens is 2. The molecule has 1 unspecified atom stereocenters. The molecule has 1 atom stereocenters. The normalized spacial score (nSPS) is 17.0. The summed E-state index contributed by atoms with van der Waals surface area (Å²) in [7, 11) is 2.14. The Hall–Kier alpha value is -1.31. The van der Waals surface area contributed by atoms with Gasteiger partial charge in [0.25, 0.3) is 0 Å². The van der Waals surface area contributed by atoms with Gasteiger partial charge in [0.05, 0.1) is 16.1 Å². The zero-order valence-corrected chi connectivity index (χ0v) is 16.9. The molecule has 1 aromatic heterocycles. The van der Waals surface area contributed by atoms with Crippen LogP contribution in [0.5, 0.6) is 0 Å². The fourth-order valence-corrected chi connectivity index (χ4v) is 4.00. The average molecular weight is 413 g/mol. The van der Waals surface area contributed by atoms with Crippen LogP contribution in [0.1, 0.15) is 11.6 Å². The highest BCUT2D eigenvalue weighted by Crippen LogP contribution is 2.25. The summed E-state index contributed by atoms with van der Waals surface area (Å²) >= 11 is 13.6. The lowest BCUT2D eigenvalue weighted by atomic mass is 10.1. The molecule has 2 N–H and O–H groups in total. The van der Waals surface area contributed by atoms with Crippen molar-refractivity contribution < 1.29 is 4.79 Å². The smallest absolute Gasteiger partial charge is 0.319 e. The van der Waals surface area contributed by atoms with Gasteiger partial charge in [0.1, 0.15) is 0 Å². The fraction of sp³-hybridized carbons (Fsp3) is 0.389. The van der Waals surface area contributed by atoms with E-state index in [-0.39, 0.29) is 12.1 Å². The lowest BCUT2D eigenvalue weighted by Crippen LogP contribution is -2.48. The Morgan fingerprint density at radius 1 is 1.19 bits per heavy atom. The first kappa shape index (κ1) is 19.5. The third-order valence-corrected chi connectivity index (χ3v) is 5.98. The van der Waals surface area contributed by atoms with E-state index in [1.807, 2.05) is 0 Å². The maximum Gasteiger partial charge on any atom is 0.319 e. The van der Waals surface area contributed by atoms with Crippen molar-refractivity contribution in [1.29, 1.82) is 0 Å². The molecule has 0 saturated carbocycles. The molecular formula is C18H22Cl2N4OS. The standard InChI is InChI=1S/C18H22Cl2N4OS/c1-23-5-7-24(8-6-23)17(13-4-9-26-12-13)11-21-18(25)22-14-2-3-15(19)16(20)10-14/h2-4,9-10,12,17H,5-8,11H2,1H3,(H2,21,22,25). The Morgan fingerprint density at radius 2 is 1.96 bits per heavy atom. The maximum atomic E-state index is 12.3. The minimum Gasteiger partial charge on any atom is -0.336 e. The molecule has 1 aliphatic heterocycles. The molecule has 1 aromatic carbocycles. The quantitative estimate of drug-likeness (QED) is 0.774. The topological polar surface area (TPSA) is 47.6 Å². The molecule has 1 saturated heterocycles. The van der Waals surface area contributed by atoms with E-state index in [0.29, 0.717) is 22.3 Å². The van der Waals surface area contributed by atoms with Crippen LogP contribution in [-0.2, 0) is 0 Å². The van der Waals surface area contributed by atoms with Crippen LogP contribution in [-0.4, -0.2) is 55.6 Å². The highest BCUT2D eigenvalue weighted by Gasteiger charge is 2.24. The van der Waals surface area contributed by atoms with Crippen molar-refractivity contribution in [1.82, 2.24) is 15.1 Å². The summed E-state index contributed by atoms with van der Waals surface area (Å²) in [6.07, 6.45) is 0. The minimum absolute atomic E-state index is 0.175. The first-order valence-electron chi connectivity index (χ1n) is 8.47. The Balaban J connectivity index is 1.60. The summed E-state index contributed by atoms with van der Waals surface area (Å²) in [5.41, 5.74) is 1.86. The number of carbonyl (C=O) groups is 1. The van der Waals surface area contributed by atoms with Crippen LogP contribution < -0.4 is 10.6 Å². The van der Waals surface area contributed by atoms with Gasteiger partial charge in [-0.25, -0.2) is 4.79 Å². The van der Waals surface area contributed by atoms with Gasteiger partial charge < -0.3 is 15.5 Å². The molecule has 5 nitrogen and oxygen atoms in total. The second-order valence-corrected chi connectivity index (χ2v) is 7.97. The van der Waals surface area contributed by atoms with Gasteiger partial charge in [-0.3, -0.25) is 4.90 Å². The van der Waals surface area contributed by atoms with Crippen molar-refractivity contribution in [3.05, 3.63) is 50.6 Å². The number of hydrogen-bond acceptors (Lipinski definition) is 4. The number of carbonyl (C=O) groups excluding carboxylic acids is 1. The fourth-order valence-electron chi connectivity index (χ4n) is 2.99. The minimum atomic E-state index is -0.252. The van der Waals surface area contributed by atoms with Gasteiger partial charge in [-0.1, -0.05) is 23.2 Å². The Morgan fingerprint density at radius 3 is 2.62 bits per heavy atom. The molecule has 2 amide bonds. The first-order valence-corrected chi connectivity index (χ1v) is 10.2. The van der Waals surface area contributed by atoms with Gasteiger partial charge in [0, 0.05) is 38.4 Å². The molecule has 26 heavy (non-hydrogen) atoms. The monoisotopic (exact) mass is 412 g/mol. The van der Waals surface area contributed by atoms with Crippen LogP contribution in [0.4, 0.5) is 10.5 Å². The molecule has 3 rings (SSSR count). The number of piperazine rings is 1. The van der Waals surface area contributed by atoms with E-state index in [9.17, 15) is 4.79 Å². The van der Waals surface area contributed by atoms with Gasteiger partial charge in [-0.15, -0.1) is 0 Å². The van der Waals surface area contributed by atoms with Gasteiger partial charge in [-0.2, -0.15) is 11.3 Å². The van der Waals surface area contributed by atoms with E-state index in [0.717, 1.165) is 26.2 Å². The van der Waals surface area contributed by atoms with Gasteiger partial charge >= 0.3 is 6.03 Å². The molecular weight excluding hydrogens is 391 g/mol. The van der Waals surface area contributed by atoms with E-state index in [4.69, 9.17) is 23.2 Å². The first-order chi connectivity index (χ1) is 12.5. The second kappa shape index (κ2) is 9.06. The van der Waals surface area contributed by atoms with Crippen molar-refractivity contribution in [2.24, 2.45) is 0 Å². The SMILES string of the molecule is CN1CCN(C(CNC(=O)Nc2ccc(Cl)c(Cl)c2)c2ccsc2)CC1. The summed E-state index contributed by atoms with van der Waals surface area (Å²) in [5, 5.41) is 10.9. The summed E-state index contributed by atoms with van der Waals surface area (Å²) < 4.78 is 0. The van der Waals surface area contributed by atoms with Crippen LogP contribution in [0.2, 0.25) is 10.0 Å². The summed E-state index contributed by atoms with van der Waals surface area (Å²) in [5.74, 6) is 0. The lowest BCUT2D eigenvalue weighted by molar-refractivity contribution is 0.111. The number of urea groups is 1. The number of nitrogens with one attached hydrogen (secondary N) is 2. The number of rotatable bonds is 5. The van der Waals surface area contributed by atoms with Crippen molar-refractivity contribution in [2.45, 2.75) is 6.04 Å². The predicted molar refractivity (Wildman–Crippen MR) is 110 cm³/mol. The predicted octanol–water partition coefficient (Wildman–Crippen LogP) is 4.17. The number of nitrogens with zero attached hydrogens (tertiary/aromatic N) is 2. The lowest BCUT2D eigenvalue weighted by Gasteiger charge is -2.37. The van der Waals surface area contributed by atoms with Crippen LogP contribution in [0.25, 0.3) is 0 Å². The molecule has 0 spiro atoms. The molecule has 2 heterocycles. The van der Waals surface area contributed by atoms with Crippen molar-refractivity contribution in [3.63, 3.8) is 0 Å². The molecule has 0 aliphatic carbocycles.